The Bertz CT molecular complexity index is 355. The lowest BCUT2D eigenvalue weighted by Crippen LogP contribution is -2.45. The summed E-state index contributed by atoms with van der Waals surface area (Å²) in [4.78, 5) is 2.17. The lowest BCUT2D eigenvalue weighted by molar-refractivity contribution is 0.166. The number of benzene rings is 1. The number of rotatable bonds is 6. The van der Waals surface area contributed by atoms with Gasteiger partial charge < -0.3 is 10.8 Å². The average Bonchev–Trinajstić information content (AvgIpc) is 2.15. The van der Waals surface area contributed by atoms with Crippen molar-refractivity contribution in [2.45, 2.75) is 25.9 Å². The number of nitrogens with zero attached hydrogens (tertiary/aromatic N) is 1. The molecule has 104 valence electrons. The van der Waals surface area contributed by atoms with E-state index in [1.807, 2.05) is 26.0 Å². The van der Waals surface area contributed by atoms with Crippen molar-refractivity contribution in [3.63, 3.8) is 0 Å². The van der Waals surface area contributed by atoms with Gasteiger partial charge in [0.25, 0.3) is 0 Å². The Kier molecular flexibility index (Phi) is 8.06. The molecular formula is C13H22BrClN2O. The van der Waals surface area contributed by atoms with Crippen LogP contribution in [0.15, 0.2) is 28.7 Å². The minimum atomic E-state index is -0.249. The van der Waals surface area contributed by atoms with Gasteiger partial charge in [-0.2, -0.15) is 0 Å². The van der Waals surface area contributed by atoms with E-state index < -0.39 is 0 Å². The molecule has 0 aliphatic rings. The average molecular weight is 338 g/mol. The van der Waals surface area contributed by atoms with Gasteiger partial charge in [-0.05, 0) is 31.5 Å². The van der Waals surface area contributed by atoms with Crippen LogP contribution in [0.1, 0.15) is 19.4 Å². The van der Waals surface area contributed by atoms with Crippen molar-refractivity contribution in [3.8, 4) is 0 Å². The van der Waals surface area contributed by atoms with Crippen molar-refractivity contribution in [2.24, 2.45) is 5.73 Å². The first-order valence-corrected chi connectivity index (χ1v) is 6.56. The molecule has 0 amide bonds. The summed E-state index contributed by atoms with van der Waals surface area (Å²) in [6, 6.07) is 8.20. The molecule has 1 aromatic rings. The number of nitrogens with two attached hydrogens (primary N) is 1. The summed E-state index contributed by atoms with van der Waals surface area (Å²) in [5, 5.41) is 9.07. The Morgan fingerprint density at radius 3 is 2.56 bits per heavy atom. The summed E-state index contributed by atoms with van der Waals surface area (Å²) >= 11 is 3.46. The van der Waals surface area contributed by atoms with Crippen molar-refractivity contribution in [1.82, 2.24) is 4.90 Å². The monoisotopic (exact) mass is 336 g/mol. The van der Waals surface area contributed by atoms with Crippen LogP contribution in [0.5, 0.6) is 0 Å². The second-order valence-electron chi connectivity index (χ2n) is 5.05. The van der Waals surface area contributed by atoms with E-state index in [9.17, 15) is 0 Å². The fraction of sp³-hybridized carbons (Fsp3) is 0.538. The molecule has 0 aromatic heterocycles. The Hall–Kier alpha value is -0.130. The molecule has 0 heterocycles. The van der Waals surface area contributed by atoms with E-state index in [1.165, 1.54) is 5.56 Å². The highest BCUT2D eigenvalue weighted by atomic mass is 79.9. The molecule has 1 rings (SSSR count). The van der Waals surface area contributed by atoms with Crippen molar-refractivity contribution in [3.05, 3.63) is 34.3 Å². The molecule has 0 atom stereocenters. The zero-order valence-electron chi connectivity index (χ0n) is 10.9. The van der Waals surface area contributed by atoms with Crippen molar-refractivity contribution >= 4 is 28.3 Å². The normalized spacial score (nSPS) is 11.4. The summed E-state index contributed by atoms with van der Waals surface area (Å²) in [5.74, 6) is 0. The van der Waals surface area contributed by atoms with E-state index in [4.69, 9.17) is 10.8 Å². The first-order valence-electron chi connectivity index (χ1n) is 5.77. The first-order chi connectivity index (χ1) is 7.90. The second-order valence-corrected chi connectivity index (χ2v) is 5.97. The summed E-state index contributed by atoms with van der Waals surface area (Å²) < 4.78 is 1.07. The fourth-order valence-corrected chi connectivity index (χ4v) is 2.27. The molecule has 0 fully saturated rings. The van der Waals surface area contributed by atoms with Gasteiger partial charge >= 0.3 is 0 Å². The highest BCUT2D eigenvalue weighted by molar-refractivity contribution is 9.10. The van der Waals surface area contributed by atoms with Crippen molar-refractivity contribution in [2.75, 3.05) is 19.7 Å². The zero-order chi connectivity index (χ0) is 12.9. The smallest absolute Gasteiger partial charge is 0.0558 e. The summed E-state index contributed by atoms with van der Waals surface area (Å²) in [6.45, 7) is 6.37. The van der Waals surface area contributed by atoms with Gasteiger partial charge in [-0.3, -0.25) is 4.90 Å². The van der Waals surface area contributed by atoms with Gasteiger partial charge in [0.05, 0.1) is 6.61 Å². The minimum Gasteiger partial charge on any atom is -0.395 e. The molecule has 0 aliphatic heterocycles. The predicted molar refractivity (Wildman–Crippen MR) is 82.0 cm³/mol. The van der Waals surface area contributed by atoms with Crippen LogP contribution in [-0.4, -0.2) is 35.2 Å². The topological polar surface area (TPSA) is 49.5 Å². The van der Waals surface area contributed by atoms with Gasteiger partial charge in [0.2, 0.25) is 0 Å². The van der Waals surface area contributed by atoms with Gasteiger partial charge in [-0.25, -0.2) is 0 Å². The summed E-state index contributed by atoms with van der Waals surface area (Å²) in [5.41, 5.74) is 6.99. The molecule has 0 spiro atoms. The number of hydrogen-bond donors (Lipinski definition) is 2. The molecule has 0 saturated heterocycles. The van der Waals surface area contributed by atoms with Crippen LogP contribution in [0, 0.1) is 0 Å². The van der Waals surface area contributed by atoms with Gasteiger partial charge in [0.15, 0.2) is 0 Å². The highest BCUT2D eigenvalue weighted by Crippen LogP contribution is 2.14. The molecule has 5 heteroatoms. The van der Waals surface area contributed by atoms with Crippen LogP contribution in [0.3, 0.4) is 0 Å². The molecule has 1 aromatic carbocycles. The van der Waals surface area contributed by atoms with Crippen LogP contribution in [-0.2, 0) is 6.54 Å². The van der Waals surface area contributed by atoms with E-state index >= 15 is 0 Å². The summed E-state index contributed by atoms with van der Waals surface area (Å²) in [6.07, 6.45) is 0. The molecule has 18 heavy (non-hydrogen) atoms. The molecule has 0 bridgehead atoms. The van der Waals surface area contributed by atoms with Gasteiger partial charge in [0.1, 0.15) is 0 Å². The van der Waals surface area contributed by atoms with Crippen LogP contribution >= 0.6 is 28.3 Å². The Morgan fingerprint density at radius 2 is 2.06 bits per heavy atom. The third-order valence-corrected chi connectivity index (χ3v) is 2.84. The Labute approximate surface area is 124 Å². The zero-order valence-corrected chi connectivity index (χ0v) is 13.3. The molecule has 0 unspecified atom stereocenters. The molecule has 0 aliphatic carbocycles. The van der Waals surface area contributed by atoms with E-state index in [-0.39, 0.29) is 24.6 Å². The standard InChI is InChI=1S/C13H21BrN2O.ClH/c1-13(2,15)10-16(6-7-17)9-11-4-3-5-12(14)8-11;/h3-5,8,17H,6-7,9-10,15H2,1-2H3;1H. The minimum absolute atomic E-state index is 0. The van der Waals surface area contributed by atoms with Crippen LogP contribution in [0.25, 0.3) is 0 Å². The fourth-order valence-electron chi connectivity index (χ4n) is 1.83. The lowest BCUT2D eigenvalue weighted by Gasteiger charge is -2.29. The first kappa shape index (κ1) is 17.9. The number of aliphatic hydroxyl groups is 1. The van der Waals surface area contributed by atoms with Crippen LogP contribution in [0.2, 0.25) is 0 Å². The summed E-state index contributed by atoms with van der Waals surface area (Å²) in [7, 11) is 0. The Morgan fingerprint density at radius 1 is 1.39 bits per heavy atom. The molecular weight excluding hydrogens is 316 g/mol. The SMILES string of the molecule is CC(C)(N)CN(CCO)Cc1cccc(Br)c1.Cl. The van der Waals surface area contributed by atoms with Gasteiger partial charge in [0, 0.05) is 29.6 Å². The highest BCUT2D eigenvalue weighted by Gasteiger charge is 2.16. The number of halogens is 2. The Balaban J connectivity index is 0.00000289. The number of aliphatic hydroxyl groups excluding tert-OH is 1. The maximum absolute atomic E-state index is 9.07. The largest absolute Gasteiger partial charge is 0.395 e. The van der Waals surface area contributed by atoms with Crippen LogP contribution in [0.4, 0.5) is 0 Å². The number of hydrogen-bond acceptors (Lipinski definition) is 3. The lowest BCUT2D eigenvalue weighted by atomic mass is 10.1. The van der Waals surface area contributed by atoms with E-state index in [1.54, 1.807) is 0 Å². The predicted octanol–water partition coefficient (Wildman–Crippen LogP) is 2.40. The van der Waals surface area contributed by atoms with Crippen molar-refractivity contribution in [1.29, 1.82) is 0 Å². The third-order valence-electron chi connectivity index (χ3n) is 2.34. The van der Waals surface area contributed by atoms with E-state index in [0.717, 1.165) is 17.6 Å². The van der Waals surface area contributed by atoms with Gasteiger partial charge in [-0.1, -0.05) is 28.1 Å². The molecule has 0 saturated carbocycles. The third kappa shape index (κ3) is 7.34. The maximum atomic E-state index is 9.07. The molecule has 0 radical (unpaired) electrons. The molecule has 3 nitrogen and oxygen atoms in total. The van der Waals surface area contributed by atoms with E-state index in [0.29, 0.717) is 6.54 Å². The quantitative estimate of drug-likeness (QED) is 0.838. The maximum Gasteiger partial charge on any atom is 0.0558 e. The van der Waals surface area contributed by atoms with Crippen LogP contribution < -0.4 is 5.73 Å². The van der Waals surface area contributed by atoms with Gasteiger partial charge in [-0.15, -0.1) is 12.4 Å². The van der Waals surface area contributed by atoms with E-state index in [2.05, 4.69) is 33.0 Å². The molecule has 3 N–H and O–H groups in total. The van der Waals surface area contributed by atoms with Crippen molar-refractivity contribution < 1.29 is 5.11 Å². The second kappa shape index (κ2) is 8.12.